The molecule has 0 aliphatic carbocycles. The van der Waals surface area contributed by atoms with E-state index in [0.29, 0.717) is 5.69 Å². The fourth-order valence-corrected chi connectivity index (χ4v) is 1.96. The zero-order chi connectivity index (χ0) is 14.2. The fraction of sp³-hybridized carbons (Fsp3) is 0.308. The lowest BCUT2D eigenvalue weighted by atomic mass is 10.0. The number of nitrogens with zero attached hydrogens (tertiary/aromatic N) is 2. The Hall–Kier alpha value is -1.98. The fourth-order valence-electron chi connectivity index (χ4n) is 1.96. The van der Waals surface area contributed by atoms with E-state index < -0.39 is 11.7 Å². The Labute approximate surface area is 108 Å². The molecule has 1 aromatic heterocycles. The summed E-state index contributed by atoms with van der Waals surface area (Å²) in [7, 11) is 0. The van der Waals surface area contributed by atoms with Gasteiger partial charge in [0.2, 0.25) is 0 Å². The number of nitrogens with two attached hydrogens (primary N) is 1. The molecule has 0 aliphatic heterocycles. The van der Waals surface area contributed by atoms with Crippen LogP contribution in [0.25, 0.3) is 11.3 Å². The molecule has 19 heavy (non-hydrogen) atoms. The Kier molecular flexibility index (Phi) is 3.26. The predicted molar refractivity (Wildman–Crippen MR) is 67.5 cm³/mol. The van der Waals surface area contributed by atoms with Crippen LogP contribution in [0.3, 0.4) is 0 Å². The maximum Gasteiger partial charge on any atom is 0.417 e. The molecule has 0 unspecified atom stereocenters. The first-order chi connectivity index (χ1) is 8.80. The largest absolute Gasteiger partial charge is 0.417 e. The van der Waals surface area contributed by atoms with Crippen LogP contribution in [0.2, 0.25) is 0 Å². The summed E-state index contributed by atoms with van der Waals surface area (Å²) in [5.74, 6) is 0. The lowest BCUT2D eigenvalue weighted by Crippen LogP contribution is -2.11. The highest BCUT2D eigenvalue weighted by molar-refractivity contribution is 5.68. The van der Waals surface area contributed by atoms with E-state index in [2.05, 4.69) is 5.10 Å². The number of hydrogen-bond acceptors (Lipinski definition) is 2. The van der Waals surface area contributed by atoms with E-state index in [-0.39, 0.29) is 17.3 Å². The van der Waals surface area contributed by atoms with E-state index in [1.807, 2.05) is 13.8 Å². The minimum Gasteiger partial charge on any atom is -0.399 e. The van der Waals surface area contributed by atoms with Crippen molar-refractivity contribution in [1.29, 1.82) is 0 Å². The summed E-state index contributed by atoms with van der Waals surface area (Å²) >= 11 is 0. The topological polar surface area (TPSA) is 43.8 Å². The van der Waals surface area contributed by atoms with Gasteiger partial charge in [0.05, 0.1) is 11.3 Å². The van der Waals surface area contributed by atoms with Gasteiger partial charge in [0.25, 0.3) is 0 Å². The third-order valence-electron chi connectivity index (χ3n) is 2.78. The zero-order valence-corrected chi connectivity index (χ0v) is 10.6. The average Bonchev–Trinajstić information content (AvgIpc) is 2.76. The molecular weight excluding hydrogens is 255 g/mol. The van der Waals surface area contributed by atoms with Gasteiger partial charge in [-0.15, -0.1) is 0 Å². The van der Waals surface area contributed by atoms with E-state index in [4.69, 9.17) is 5.73 Å². The van der Waals surface area contributed by atoms with Crippen LogP contribution < -0.4 is 5.73 Å². The Balaban J connectivity index is 2.65. The van der Waals surface area contributed by atoms with Gasteiger partial charge in [0.15, 0.2) is 0 Å². The summed E-state index contributed by atoms with van der Waals surface area (Å²) in [6, 6.07) is 5.34. The third-order valence-corrected chi connectivity index (χ3v) is 2.78. The van der Waals surface area contributed by atoms with Crippen LogP contribution in [0.4, 0.5) is 18.9 Å². The van der Waals surface area contributed by atoms with E-state index in [0.717, 1.165) is 6.07 Å². The molecule has 0 amide bonds. The van der Waals surface area contributed by atoms with E-state index in [1.54, 1.807) is 10.7 Å². The summed E-state index contributed by atoms with van der Waals surface area (Å²) in [6.45, 7) is 3.72. The second-order valence-corrected chi connectivity index (χ2v) is 4.56. The molecule has 0 bridgehead atoms. The van der Waals surface area contributed by atoms with Gasteiger partial charge in [-0.3, -0.25) is 4.68 Å². The first kappa shape index (κ1) is 13.5. The van der Waals surface area contributed by atoms with Crippen LogP contribution in [-0.4, -0.2) is 9.78 Å². The molecule has 0 saturated carbocycles. The third kappa shape index (κ3) is 2.57. The molecule has 2 aromatic rings. The zero-order valence-electron chi connectivity index (χ0n) is 10.6. The van der Waals surface area contributed by atoms with Gasteiger partial charge in [-0.2, -0.15) is 18.3 Å². The first-order valence-corrected chi connectivity index (χ1v) is 5.81. The van der Waals surface area contributed by atoms with E-state index in [9.17, 15) is 13.2 Å². The molecule has 2 N–H and O–H groups in total. The Morgan fingerprint density at radius 1 is 1.21 bits per heavy atom. The standard InChI is InChI=1S/C13H14F3N3/c1-8(2)19-12(5-6-18-19)10-4-3-9(17)7-11(10)13(14,15)16/h3-8H,17H2,1-2H3. The minimum absolute atomic E-state index is 0.0244. The Bertz CT molecular complexity index is 585. The normalized spacial score (nSPS) is 12.1. The van der Waals surface area contributed by atoms with Crippen molar-refractivity contribution < 1.29 is 13.2 Å². The number of benzene rings is 1. The molecule has 2 rings (SSSR count). The van der Waals surface area contributed by atoms with Gasteiger partial charge < -0.3 is 5.73 Å². The highest BCUT2D eigenvalue weighted by Gasteiger charge is 2.34. The number of halogens is 3. The molecule has 0 radical (unpaired) electrons. The average molecular weight is 269 g/mol. The second-order valence-electron chi connectivity index (χ2n) is 4.56. The molecule has 0 saturated heterocycles. The van der Waals surface area contributed by atoms with Crippen molar-refractivity contribution in [3.63, 3.8) is 0 Å². The number of anilines is 1. The lowest BCUT2D eigenvalue weighted by molar-refractivity contribution is -0.137. The van der Waals surface area contributed by atoms with Gasteiger partial charge in [0.1, 0.15) is 0 Å². The minimum atomic E-state index is -4.45. The number of nitrogen functional groups attached to an aromatic ring is 1. The van der Waals surface area contributed by atoms with Gasteiger partial charge in [-0.1, -0.05) is 6.07 Å². The quantitative estimate of drug-likeness (QED) is 0.844. The Morgan fingerprint density at radius 3 is 2.47 bits per heavy atom. The van der Waals surface area contributed by atoms with Gasteiger partial charge in [-0.05, 0) is 32.0 Å². The van der Waals surface area contributed by atoms with Crippen molar-refractivity contribution in [3.8, 4) is 11.3 Å². The van der Waals surface area contributed by atoms with Crippen molar-refractivity contribution in [2.24, 2.45) is 0 Å². The molecule has 0 fully saturated rings. The molecule has 6 heteroatoms. The number of alkyl halides is 3. The van der Waals surface area contributed by atoms with Crippen LogP contribution in [0.5, 0.6) is 0 Å². The molecule has 102 valence electrons. The predicted octanol–water partition coefficient (Wildman–Crippen LogP) is 3.73. The van der Waals surface area contributed by atoms with Gasteiger partial charge in [0, 0.05) is 23.5 Å². The van der Waals surface area contributed by atoms with Crippen LogP contribution >= 0.6 is 0 Å². The molecule has 1 heterocycles. The summed E-state index contributed by atoms with van der Waals surface area (Å²) in [5, 5.41) is 4.06. The van der Waals surface area contributed by atoms with Crippen LogP contribution in [0.15, 0.2) is 30.5 Å². The van der Waals surface area contributed by atoms with E-state index in [1.165, 1.54) is 18.3 Å². The van der Waals surface area contributed by atoms with Crippen molar-refractivity contribution in [3.05, 3.63) is 36.0 Å². The molecule has 0 aliphatic rings. The SMILES string of the molecule is CC(C)n1nccc1-c1ccc(N)cc1C(F)(F)F. The van der Waals surface area contributed by atoms with Crippen LogP contribution in [0, 0.1) is 0 Å². The second kappa shape index (κ2) is 4.60. The smallest absolute Gasteiger partial charge is 0.399 e. The maximum absolute atomic E-state index is 13.1. The summed E-state index contributed by atoms with van der Waals surface area (Å²) in [5.41, 5.74) is 5.33. The molecule has 3 nitrogen and oxygen atoms in total. The van der Waals surface area contributed by atoms with Crippen molar-refractivity contribution >= 4 is 5.69 Å². The van der Waals surface area contributed by atoms with Crippen LogP contribution in [0.1, 0.15) is 25.5 Å². The summed E-state index contributed by atoms with van der Waals surface area (Å²) in [4.78, 5) is 0. The lowest BCUT2D eigenvalue weighted by Gasteiger charge is -2.16. The van der Waals surface area contributed by atoms with E-state index >= 15 is 0 Å². The molecule has 0 spiro atoms. The summed E-state index contributed by atoms with van der Waals surface area (Å²) < 4.78 is 40.8. The number of aromatic nitrogens is 2. The highest BCUT2D eigenvalue weighted by Crippen LogP contribution is 2.38. The summed E-state index contributed by atoms with van der Waals surface area (Å²) in [6.07, 6.45) is -2.96. The van der Waals surface area contributed by atoms with Crippen LogP contribution in [-0.2, 0) is 6.18 Å². The highest BCUT2D eigenvalue weighted by atomic mass is 19.4. The molecular formula is C13H14F3N3. The maximum atomic E-state index is 13.1. The number of hydrogen-bond donors (Lipinski definition) is 1. The molecule has 1 aromatic carbocycles. The number of rotatable bonds is 2. The van der Waals surface area contributed by atoms with Crippen molar-refractivity contribution in [2.45, 2.75) is 26.1 Å². The Morgan fingerprint density at radius 2 is 1.89 bits per heavy atom. The van der Waals surface area contributed by atoms with Gasteiger partial charge >= 0.3 is 6.18 Å². The first-order valence-electron chi connectivity index (χ1n) is 5.81. The van der Waals surface area contributed by atoms with Crippen molar-refractivity contribution in [2.75, 3.05) is 5.73 Å². The monoisotopic (exact) mass is 269 g/mol. The van der Waals surface area contributed by atoms with Gasteiger partial charge in [-0.25, -0.2) is 0 Å². The molecule has 0 atom stereocenters. The van der Waals surface area contributed by atoms with Crippen molar-refractivity contribution in [1.82, 2.24) is 9.78 Å².